The number of nitrogens with zero attached hydrogens (tertiary/aromatic N) is 1. The van der Waals surface area contributed by atoms with E-state index in [-0.39, 0.29) is 25.3 Å². The van der Waals surface area contributed by atoms with Crippen molar-refractivity contribution >= 4 is 11.9 Å². The largest absolute Gasteiger partial charge is 0.480 e. The molecule has 0 aliphatic carbocycles. The average Bonchev–Trinajstić information content (AvgIpc) is 2.55. The summed E-state index contributed by atoms with van der Waals surface area (Å²) in [7, 11) is 0. The van der Waals surface area contributed by atoms with Gasteiger partial charge in [-0.05, 0) is 20.3 Å². The van der Waals surface area contributed by atoms with Crippen LogP contribution in [0.25, 0.3) is 0 Å². The lowest BCUT2D eigenvalue weighted by molar-refractivity contribution is -0.148. The van der Waals surface area contributed by atoms with E-state index in [1.165, 1.54) is 4.90 Å². The highest BCUT2D eigenvalue weighted by Gasteiger charge is 2.38. The minimum Gasteiger partial charge on any atom is -0.480 e. The van der Waals surface area contributed by atoms with Crippen molar-refractivity contribution in [2.24, 2.45) is 5.73 Å². The normalized spacial score (nSPS) is 25.1. The highest BCUT2D eigenvalue weighted by Crippen LogP contribution is 2.20. The zero-order valence-electron chi connectivity index (χ0n) is 10.2. The van der Waals surface area contributed by atoms with Gasteiger partial charge in [0.15, 0.2) is 0 Å². The van der Waals surface area contributed by atoms with Crippen molar-refractivity contribution in [2.75, 3.05) is 6.54 Å². The molecule has 1 fully saturated rings. The Balaban J connectivity index is 2.59. The fourth-order valence-corrected chi connectivity index (χ4v) is 1.90. The Bertz CT molecular complexity index is 311. The summed E-state index contributed by atoms with van der Waals surface area (Å²) in [5, 5.41) is 18.4. The lowest BCUT2D eigenvalue weighted by Gasteiger charge is -2.24. The van der Waals surface area contributed by atoms with Crippen LogP contribution in [0.4, 0.5) is 0 Å². The number of carbonyl (C=O) groups excluding carboxylic acids is 1. The van der Waals surface area contributed by atoms with Crippen molar-refractivity contribution in [2.45, 2.75) is 50.8 Å². The van der Waals surface area contributed by atoms with Crippen LogP contribution >= 0.6 is 0 Å². The van der Waals surface area contributed by atoms with Gasteiger partial charge in [-0.3, -0.25) is 4.79 Å². The summed E-state index contributed by atoms with van der Waals surface area (Å²) in [5.41, 5.74) is 5.32. The topological polar surface area (TPSA) is 104 Å². The van der Waals surface area contributed by atoms with Crippen molar-refractivity contribution in [3.63, 3.8) is 0 Å². The molecule has 6 heteroatoms. The standard InChI is InChI=1S/C11H20N2O4/c1-11(2,12)4-3-9(15)13-6-7(14)5-8(13)10(16)17/h7-8,14H,3-6,12H2,1-2H3,(H,16,17)/t7-,8+/m0/s1. The summed E-state index contributed by atoms with van der Waals surface area (Å²) in [6.07, 6.45) is 0.0589. The van der Waals surface area contributed by atoms with Crippen LogP contribution in [0.3, 0.4) is 0 Å². The minimum absolute atomic E-state index is 0.0980. The highest BCUT2D eigenvalue weighted by molar-refractivity contribution is 5.84. The van der Waals surface area contributed by atoms with Gasteiger partial charge in [-0.2, -0.15) is 0 Å². The molecule has 4 N–H and O–H groups in total. The van der Waals surface area contributed by atoms with Gasteiger partial charge in [-0.1, -0.05) is 0 Å². The van der Waals surface area contributed by atoms with Crippen molar-refractivity contribution in [1.29, 1.82) is 0 Å². The maximum Gasteiger partial charge on any atom is 0.326 e. The molecule has 1 saturated heterocycles. The third-order valence-electron chi connectivity index (χ3n) is 2.87. The number of β-amino-alcohol motifs (C(OH)–C–C–N with tert-alkyl or cyclic N) is 1. The summed E-state index contributed by atoms with van der Waals surface area (Å²) in [6, 6.07) is -0.904. The summed E-state index contributed by atoms with van der Waals surface area (Å²) in [4.78, 5) is 24.0. The average molecular weight is 244 g/mol. The number of rotatable bonds is 4. The second kappa shape index (κ2) is 5.01. The number of likely N-dealkylation sites (tertiary alicyclic amines) is 1. The molecular weight excluding hydrogens is 224 g/mol. The van der Waals surface area contributed by atoms with Crippen LogP contribution in [0.15, 0.2) is 0 Å². The molecule has 17 heavy (non-hydrogen) atoms. The van der Waals surface area contributed by atoms with E-state index >= 15 is 0 Å². The maximum atomic E-state index is 11.8. The molecule has 0 unspecified atom stereocenters. The number of aliphatic hydroxyl groups excluding tert-OH is 1. The molecule has 2 atom stereocenters. The molecule has 1 aliphatic rings. The van der Waals surface area contributed by atoms with E-state index in [1.54, 1.807) is 0 Å². The van der Waals surface area contributed by atoms with E-state index in [4.69, 9.17) is 10.8 Å². The van der Waals surface area contributed by atoms with Crippen LogP contribution in [-0.4, -0.2) is 51.2 Å². The monoisotopic (exact) mass is 244 g/mol. The first-order chi connectivity index (χ1) is 7.70. The van der Waals surface area contributed by atoms with Gasteiger partial charge in [0.2, 0.25) is 5.91 Å². The first kappa shape index (κ1) is 13.9. The van der Waals surface area contributed by atoms with Crippen LogP contribution in [0.1, 0.15) is 33.1 Å². The van der Waals surface area contributed by atoms with E-state index in [2.05, 4.69) is 0 Å². The van der Waals surface area contributed by atoms with E-state index in [9.17, 15) is 14.7 Å². The summed E-state index contributed by atoms with van der Waals surface area (Å²) in [6.45, 7) is 3.72. The Morgan fingerprint density at radius 3 is 2.53 bits per heavy atom. The molecule has 1 aliphatic heterocycles. The number of carbonyl (C=O) groups is 2. The first-order valence-electron chi connectivity index (χ1n) is 5.70. The molecule has 0 spiro atoms. The van der Waals surface area contributed by atoms with Crippen LogP contribution in [-0.2, 0) is 9.59 Å². The Morgan fingerprint density at radius 2 is 2.06 bits per heavy atom. The zero-order chi connectivity index (χ0) is 13.2. The molecule has 98 valence electrons. The van der Waals surface area contributed by atoms with E-state index in [0.717, 1.165) is 0 Å². The predicted molar refractivity (Wildman–Crippen MR) is 61.3 cm³/mol. The van der Waals surface area contributed by atoms with Crippen LogP contribution in [0, 0.1) is 0 Å². The summed E-state index contributed by atoms with van der Waals surface area (Å²) < 4.78 is 0. The predicted octanol–water partition coefficient (Wildman–Crippen LogP) is -0.450. The Hall–Kier alpha value is -1.14. The van der Waals surface area contributed by atoms with E-state index in [0.29, 0.717) is 6.42 Å². The van der Waals surface area contributed by atoms with Crippen LogP contribution in [0.5, 0.6) is 0 Å². The van der Waals surface area contributed by atoms with Gasteiger partial charge in [0.25, 0.3) is 0 Å². The van der Waals surface area contributed by atoms with E-state index in [1.807, 2.05) is 13.8 Å². The molecule has 0 aromatic heterocycles. The molecular formula is C11H20N2O4. The molecule has 1 rings (SSSR count). The quantitative estimate of drug-likeness (QED) is 0.621. The minimum atomic E-state index is -1.07. The fraction of sp³-hybridized carbons (Fsp3) is 0.818. The molecule has 0 aromatic rings. The highest BCUT2D eigenvalue weighted by atomic mass is 16.4. The molecule has 0 saturated carbocycles. The second-order valence-electron chi connectivity index (χ2n) is 5.28. The summed E-state index contributed by atoms with van der Waals surface area (Å²) >= 11 is 0. The lowest BCUT2D eigenvalue weighted by atomic mass is 9.99. The Morgan fingerprint density at radius 1 is 1.47 bits per heavy atom. The third kappa shape index (κ3) is 3.98. The number of hydrogen-bond donors (Lipinski definition) is 3. The third-order valence-corrected chi connectivity index (χ3v) is 2.87. The molecule has 1 heterocycles. The molecule has 1 amide bonds. The van der Waals surface area contributed by atoms with Gasteiger partial charge < -0.3 is 20.8 Å². The van der Waals surface area contributed by atoms with Gasteiger partial charge in [-0.15, -0.1) is 0 Å². The van der Waals surface area contributed by atoms with Crippen LogP contribution < -0.4 is 5.73 Å². The molecule has 6 nitrogen and oxygen atoms in total. The van der Waals surface area contributed by atoms with Crippen molar-refractivity contribution in [1.82, 2.24) is 4.90 Å². The molecule has 0 radical (unpaired) electrons. The van der Waals surface area contributed by atoms with Gasteiger partial charge in [0.05, 0.1) is 6.10 Å². The molecule has 0 bridgehead atoms. The lowest BCUT2D eigenvalue weighted by Crippen LogP contribution is -2.42. The van der Waals surface area contributed by atoms with Crippen molar-refractivity contribution in [3.05, 3.63) is 0 Å². The van der Waals surface area contributed by atoms with Crippen molar-refractivity contribution < 1.29 is 19.8 Å². The smallest absolute Gasteiger partial charge is 0.326 e. The maximum absolute atomic E-state index is 11.8. The number of nitrogens with two attached hydrogens (primary N) is 1. The summed E-state index contributed by atoms with van der Waals surface area (Å²) in [5.74, 6) is -1.32. The number of hydrogen-bond acceptors (Lipinski definition) is 4. The number of carboxylic acid groups (broad SMARTS) is 1. The van der Waals surface area contributed by atoms with E-state index < -0.39 is 23.7 Å². The van der Waals surface area contributed by atoms with Crippen LogP contribution in [0.2, 0.25) is 0 Å². The number of carboxylic acids is 1. The van der Waals surface area contributed by atoms with Gasteiger partial charge in [-0.25, -0.2) is 4.79 Å². The van der Waals surface area contributed by atoms with Gasteiger partial charge >= 0.3 is 5.97 Å². The molecule has 0 aromatic carbocycles. The van der Waals surface area contributed by atoms with Gasteiger partial charge in [0.1, 0.15) is 6.04 Å². The Labute approximate surface area is 100 Å². The fourth-order valence-electron chi connectivity index (χ4n) is 1.90. The second-order valence-corrected chi connectivity index (χ2v) is 5.28. The zero-order valence-corrected chi connectivity index (χ0v) is 10.2. The Kier molecular flexibility index (Phi) is 4.11. The van der Waals surface area contributed by atoms with Crippen molar-refractivity contribution in [3.8, 4) is 0 Å². The number of aliphatic carboxylic acids is 1. The first-order valence-corrected chi connectivity index (χ1v) is 5.70. The number of amides is 1. The number of aliphatic hydroxyl groups is 1. The SMILES string of the molecule is CC(C)(N)CCC(=O)N1C[C@@H](O)C[C@@H]1C(=O)O. The van der Waals surface area contributed by atoms with Gasteiger partial charge in [0, 0.05) is 24.9 Å².